The molecule has 14 rings (SSSR count). The zero-order valence-corrected chi connectivity index (χ0v) is 56.7. The second-order valence-electron chi connectivity index (χ2n) is 25.8. The quantitative estimate of drug-likeness (QED) is 0.0708. The van der Waals surface area contributed by atoms with E-state index in [-0.39, 0.29) is 29.8 Å². The number of nitrogens with zero attached hydrogens (tertiary/aromatic N) is 12. The van der Waals surface area contributed by atoms with Gasteiger partial charge in [0, 0.05) is 64.8 Å². The molecule has 0 aliphatic carbocycles. The molecule has 9 heterocycles. The second kappa shape index (κ2) is 32.7. The lowest BCUT2D eigenvalue weighted by Crippen LogP contribution is -2.29. The van der Waals surface area contributed by atoms with E-state index in [2.05, 4.69) is 88.7 Å². The maximum Gasteiger partial charge on any atom is 0.416 e. The van der Waals surface area contributed by atoms with Crippen LogP contribution in [0.3, 0.4) is 0 Å². The van der Waals surface area contributed by atoms with Crippen LogP contribution in [-0.2, 0) is 18.5 Å². The van der Waals surface area contributed by atoms with Crippen LogP contribution in [0.15, 0.2) is 201 Å². The molecule has 530 valence electrons. The number of piperidine rings is 3. The Hall–Kier alpha value is -10.5. The van der Waals surface area contributed by atoms with Gasteiger partial charge in [0.1, 0.15) is 17.1 Å². The van der Waals surface area contributed by atoms with Crippen molar-refractivity contribution >= 4 is 11.9 Å². The number of rotatable bonds is 15. The van der Waals surface area contributed by atoms with Crippen molar-refractivity contribution in [2.45, 2.75) is 101 Å². The smallest absolute Gasteiger partial charge is 0.348 e. The Morgan fingerprint density at radius 2 is 0.748 bits per heavy atom. The van der Waals surface area contributed by atoms with Crippen molar-refractivity contribution in [3.05, 3.63) is 246 Å². The predicted molar refractivity (Wildman–Crippen MR) is 379 cm³/mol. The van der Waals surface area contributed by atoms with Gasteiger partial charge in [0.05, 0.1) is 57.2 Å². The topological polar surface area (TPSA) is 193 Å². The molecule has 2 atom stereocenters. The van der Waals surface area contributed by atoms with E-state index in [0.29, 0.717) is 73.7 Å². The second-order valence-corrected chi connectivity index (χ2v) is 25.8. The lowest BCUT2D eigenvalue weighted by molar-refractivity contribution is -0.138. The van der Waals surface area contributed by atoms with Gasteiger partial charge in [0.15, 0.2) is 0 Å². The molecule has 103 heavy (non-hydrogen) atoms. The minimum absolute atomic E-state index is 0.0484. The minimum Gasteiger partial charge on any atom is -0.348 e. The largest absolute Gasteiger partial charge is 0.416 e. The molecule has 3 saturated heterocycles. The van der Waals surface area contributed by atoms with Gasteiger partial charge in [-0.3, -0.25) is 4.98 Å². The summed E-state index contributed by atoms with van der Waals surface area (Å²) in [6.07, 6.45) is -1.29. The normalized spacial score (nSPS) is 15.6. The number of benzene rings is 5. The lowest BCUT2D eigenvalue weighted by atomic mass is 9.91. The van der Waals surface area contributed by atoms with Gasteiger partial charge in [-0.1, -0.05) is 97.1 Å². The summed E-state index contributed by atoms with van der Waals surface area (Å²) >= 11 is 0. The van der Waals surface area contributed by atoms with Gasteiger partial charge in [0.2, 0.25) is 11.9 Å². The number of halogens is 9. The van der Waals surface area contributed by atoms with Crippen LogP contribution in [0.2, 0.25) is 0 Å². The molecule has 0 amide bonds. The summed E-state index contributed by atoms with van der Waals surface area (Å²) in [6.45, 7) is 9.43. The first-order valence-electron chi connectivity index (χ1n) is 34.1. The number of pyridine rings is 1. The molecule has 0 saturated carbocycles. The monoisotopic (exact) mass is 1410 g/mol. The summed E-state index contributed by atoms with van der Waals surface area (Å²) in [5.41, 5.74) is 8.68. The Morgan fingerprint density at radius 3 is 1.13 bits per heavy atom. The number of nitrogens with one attached hydrogen (secondary N) is 4. The Bertz CT molecular complexity index is 4610. The van der Waals surface area contributed by atoms with Crippen LogP contribution in [0.4, 0.5) is 51.4 Å². The van der Waals surface area contributed by atoms with E-state index in [4.69, 9.17) is 0 Å². The molecule has 25 heteroatoms. The summed E-state index contributed by atoms with van der Waals surface area (Å²) < 4.78 is 121. The highest BCUT2D eigenvalue weighted by Gasteiger charge is 2.34. The lowest BCUT2D eigenvalue weighted by Gasteiger charge is -2.28. The van der Waals surface area contributed by atoms with Gasteiger partial charge < -0.3 is 26.2 Å². The molecular formula is C78H75F9N16. The van der Waals surface area contributed by atoms with Crippen molar-refractivity contribution < 1.29 is 39.5 Å². The number of hydrogen-bond donors (Lipinski definition) is 4. The van der Waals surface area contributed by atoms with E-state index in [1.165, 1.54) is 24.3 Å². The molecule has 0 spiro atoms. The fourth-order valence-corrected chi connectivity index (χ4v) is 12.9. The number of hydrogen-bond acceptors (Lipinski definition) is 16. The molecule has 0 radical (unpaired) electrons. The molecule has 6 aromatic heterocycles. The minimum atomic E-state index is -4.45. The van der Waals surface area contributed by atoms with Crippen molar-refractivity contribution in [2.24, 2.45) is 0 Å². The maximum absolute atomic E-state index is 13.6. The Kier molecular flexibility index (Phi) is 22.9. The third-order valence-corrected chi connectivity index (χ3v) is 18.6. The summed E-state index contributed by atoms with van der Waals surface area (Å²) in [6, 6.07) is 48.4. The zero-order chi connectivity index (χ0) is 72.1. The maximum atomic E-state index is 13.6. The van der Waals surface area contributed by atoms with Crippen molar-refractivity contribution in [3.63, 3.8) is 0 Å². The van der Waals surface area contributed by atoms with Gasteiger partial charge >= 0.3 is 18.5 Å². The van der Waals surface area contributed by atoms with Crippen LogP contribution in [-0.4, -0.2) is 107 Å². The molecular weight excluding hydrogens is 1330 g/mol. The number of anilines is 2. The highest BCUT2D eigenvalue weighted by atomic mass is 19.4. The fourth-order valence-electron chi connectivity index (χ4n) is 12.9. The van der Waals surface area contributed by atoms with Crippen LogP contribution >= 0.6 is 0 Å². The number of alkyl halides is 9. The first-order chi connectivity index (χ1) is 49.7. The van der Waals surface area contributed by atoms with Crippen LogP contribution in [0, 0.1) is 0 Å². The van der Waals surface area contributed by atoms with E-state index in [9.17, 15) is 39.5 Å². The third kappa shape index (κ3) is 18.6. The Balaban J connectivity index is 0.000000147. The fraction of sp³-hybridized carbons (Fsp3) is 0.295. The zero-order valence-electron chi connectivity index (χ0n) is 56.7. The molecule has 5 aromatic carbocycles. The molecule has 4 N–H and O–H groups in total. The van der Waals surface area contributed by atoms with Gasteiger partial charge in [-0.25, -0.2) is 19.9 Å². The summed E-state index contributed by atoms with van der Waals surface area (Å²) in [4.78, 5) is 24.3. The van der Waals surface area contributed by atoms with Crippen molar-refractivity contribution in [1.82, 2.24) is 71.0 Å². The van der Waals surface area contributed by atoms with E-state index in [0.717, 1.165) is 142 Å². The molecule has 3 aliphatic rings. The standard InChI is InChI=1S/C29H29F3N6.C28H27F3N6.C21H19F3N4/c1-19(20-7-4-3-5-8-20)34-28-33-14-11-25(35-28)27-24(22-9-6-10-23(17-22)29(30,31)32)18-26(36-37-27)21-12-15-38(2)16-13-21;1-18(19-6-3-2-4-7-19)34-27-33-15-12-24(35-27)26-23(21-8-5-9-22(16-21)28(29,30)31)17-25(36-37-26)20-10-13-32-14-11-20;22-21(23,24)17-3-1-2-16(12-17)18-13-19(14-4-8-25-9-5-14)27-28-20(18)15-6-10-26-11-7-15/h3-11,14,17-19,21H,12-13,15-16H2,1-2H3,(H,33,34,35);2-9,12,15-18,20,32H,10-11,13-14H2,1H3,(H,33,34,35);1-3,6-7,10-14,25H,4-5,8-9H2. The molecule has 3 aliphatic heterocycles. The van der Waals surface area contributed by atoms with E-state index >= 15 is 0 Å². The highest BCUT2D eigenvalue weighted by molar-refractivity contribution is 5.82. The predicted octanol–water partition coefficient (Wildman–Crippen LogP) is 17.6. The summed E-state index contributed by atoms with van der Waals surface area (Å²) in [5, 5.41) is 40.1. The Morgan fingerprint density at radius 1 is 0.388 bits per heavy atom. The number of likely N-dealkylation sites (tertiary alicyclic amines) is 1. The van der Waals surface area contributed by atoms with Crippen LogP contribution in [0.1, 0.15) is 127 Å². The van der Waals surface area contributed by atoms with Gasteiger partial charge in [-0.2, -0.15) is 54.8 Å². The van der Waals surface area contributed by atoms with Crippen LogP contribution < -0.4 is 21.3 Å². The van der Waals surface area contributed by atoms with Crippen LogP contribution in [0.25, 0.3) is 67.4 Å². The SMILES string of the molecule is CC(Nc1nccc(-c2nnc(C3CCN(C)CC3)cc2-c2cccc(C(F)(F)F)c2)n1)c1ccccc1.CC(Nc1nccc(-c2nnc(C3CCNCC3)cc2-c2cccc(C(F)(F)F)c2)n1)c1ccccc1.FC(F)(F)c1cccc(-c2cc(C3CCNCC3)nnc2-c2ccncc2)c1. The first kappa shape index (κ1) is 72.3. The summed E-state index contributed by atoms with van der Waals surface area (Å²) in [5.74, 6) is 1.45. The third-order valence-electron chi connectivity index (χ3n) is 18.6. The number of aromatic nitrogens is 11. The van der Waals surface area contributed by atoms with Gasteiger partial charge in [0.25, 0.3) is 0 Å². The van der Waals surface area contributed by atoms with Crippen molar-refractivity contribution in [1.29, 1.82) is 0 Å². The molecule has 3 fully saturated rings. The van der Waals surface area contributed by atoms with Gasteiger partial charge in [-0.15, -0.1) is 15.3 Å². The molecule has 0 bridgehead atoms. The average molecular weight is 1410 g/mol. The molecule has 2 unspecified atom stereocenters. The average Bonchev–Trinajstić information content (AvgIpc) is 0.798. The molecule has 11 aromatic rings. The van der Waals surface area contributed by atoms with Crippen LogP contribution in [0.5, 0.6) is 0 Å². The highest BCUT2D eigenvalue weighted by Crippen LogP contribution is 2.42. The van der Waals surface area contributed by atoms with Crippen molar-refractivity contribution in [2.75, 3.05) is 56.9 Å². The van der Waals surface area contributed by atoms with Gasteiger partial charge in [-0.05, 0) is 205 Å². The molecule has 16 nitrogen and oxygen atoms in total. The van der Waals surface area contributed by atoms with Crippen molar-refractivity contribution in [3.8, 4) is 67.4 Å². The van der Waals surface area contributed by atoms with E-state index < -0.39 is 35.2 Å². The van der Waals surface area contributed by atoms with E-state index in [1.807, 2.05) is 92.7 Å². The summed E-state index contributed by atoms with van der Waals surface area (Å²) in [7, 11) is 2.08. The Labute approximate surface area is 590 Å². The van der Waals surface area contributed by atoms with E-state index in [1.54, 1.807) is 67.3 Å². The first-order valence-corrected chi connectivity index (χ1v) is 34.1.